The number of aromatic hydroxyl groups is 2. The van der Waals surface area contributed by atoms with Crippen molar-refractivity contribution in [1.29, 1.82) is 0 Å². The average Bonchev–Trinajstić information content (AvgIpc) is 2.87. The maximum Gasteiger partial charge on any atom is 0.212 e. The number of thiazole rings is 1. The molecule has 1 unspecified atom stereocenters. The number of hydrogen-bond donors (Lipinski definition) is 2. The second kappa shape index (κ2) is 6.98. The van der Waals surface area contributed by atoms with Gasteiger partial charge in [0.1, 0.15) is 10.6 Å². The van der Waals surface area contributed by atoms with Crippen LogP contribution >= 0.6 is 23.6 Å². The lowest BCUT2D eigenvalue weighted by Crippen LogP contribution is -2.06. The first-order valence-electron chi connectivity index (χ1n) is 7.38. The zero-order chi connectivity index (χ0) is 17.1. The first kappa shape index (κ1) is 16.4. The zero-order valence-corrected chi connectivity index (χ0v) is 14.6. The number of nitrogens with zero attached hydrogens (tertiary/aromatic N) is 2. The Kier molecular flexibility index (Phi) is 4.78. The molecule has 1 aromatic heterocycles. The monoisotopic (exact) mass is 356 g/mol. The number of aromatic nitrogens is 1. The molecule has 0 amide bonds. The number of rotatable bonds is 4. The van der Waals surface area contributed by atoms with E-state index in [1.165, 1.54) is 11.3 Å². The van der Waals surface area contributed by atoms with E-state index < -0.39 is 0 Å². The summed E-state index contributed by atoms with van der Waals surface area (Å²) in [5.41, 5.74) is 1.68. The van der Waals surface area contributed by atoms with Crippen molar-refractivity contribution in [2.24, 2.45) is 4.99 Å². The lowest BCUT2D eigenvalue weighted by atomic mass is 10.1. The molecule has 2 N–H and O–H groups in total. The second-order valence-electron chi connectivity index (χ2n) is 5.29. The van der Waals surface area contributed by atoms with E-state index in [0.29, 0.717) is 14.5 Å². The van der Waals surface area contributed by atoms with Gasteiger partial charge in [-0.25, -0.2) is 0 Å². The van der Waals surface area contributed by atoms with Gasteiger partial charge in [0.2, 0.25) is 5.88 Å². The highest BCUT2D eigenvalue weighted by molar-refractivity contribution is 7.73. The highest BCUT2D eigenvalue weighted by Gasteiger charge is 2.16. The molecule has 0 aliphatic rings. The predicted molar refractivity (Wildman–Crippen MR) is 100 cm³/mol. The Labute approximate surface area is 149 Å². The van der Waals surface area contributed by atoms with E-state index in [0.717, 1.165) is 5.56 Å². The summed E-state index contributed by atoms with van der Waals surface area (Å²) >= 11 is 6.71. The van der Waals surface area contributed by atoms with Crippen molar-refractivity contribution in [3.8, 4) is 11.6 Å². The summed E-state index contributed by atoms with van der Waals surface area (Å²) in [6.07, 6.45) is 1.57. The Morgan fingerprint density at radius 3 is 2.58 bits per heavy atom. The summed E-state index contributed by atoms with van der Waals surface area (Å²) in [4.78, 5) is 4.88. The molecular formula is C18H16N2O2S2. The second-order valence-corrected chi connectivity index (χ2v) is 6.97. The average molecular weight is 356 g/mol. The molecule has 1 heterocycles. The molecule has 3 rings (SSSR count). The molecule has 0 radical (unpaired) electrons. The van der Waals surface area contributed by atoms with Gasteiger partial charge in [-0.1, -0.05) is 47.7 Å². The molecule has 24 heavy (non-hydrogen) atoms. The summed E-state index contributed by atoms with van der Waals surface area (Å²) in [5, 5.41) is 20.0. The molecule has 0 spiro atoms. The highest BCUT2D eigenvalue weighted by Crippen LogP contribution is 2.31. The van der Waals surface area contributed by atoms with Crippen LogP contribution < -0.4 is 0 Å². The van der Waals surface area contributed by atoms with Crippen LogP contribution in [0.15, 0.2) is 59.6 Å². The van der Waals surface area contributed by atoms with Gasteiger partial charge in [-0.2, -0.15) is 0 Å². The lowest BCUT2D eigenvalue weighted by Gasteiger charge is -2.14. The fourth-order valence-corrected chi connectivity index (χ4v) is 3.75. The normalized spacial score (nSPS) is 12.5. The van der Waals surface area contributed by atoms with E-state index in [1.54, 1.807) is 35.0 Å². The fraction of sp³-hybridized carbons (Fsp3) is 0.111. The minimum absolute atomic E-state index is 0.0714. The van der Waals surface area contributed by atoms with Gasteiger partial charge in [-0.15, -0.1) is 0 Å². The molecule has 0 aliphatic carbocycles. The number of phenols is 1. The lowest BCUT2D eigenvalue weighted by molar-refractivity contribution is 0.405. The van der Waals surface area contributed by atoms with Crippen LogP contribution in [0.2, 0.25) is 0 Å². The molecule has 0 fully saturated rings. The van der Waals surface area contributed by atoms with Crippen LogP contribution in [0.3, 0.4) is 0 Å². The summed E-state index contributed by atoms with van der Waals surface area (Å²) < 4.78 is 2.31. The topological polar surface area (TPSA) is 57.8 Å². The van der Waals surface area contributed by atoms with Crippen LogP contribution in [0, 0.1) is 3.95 Å². The standard InChI is InChI=1S/C18H16N2O2S2/c1-12(13-6-3-2-4-7-13)20-17(22)16(24-18(20)23)11-19-14-8-5-9-15(21)10-14/h2-12,21-22H,1H3. The zero-order valence-electron chi connectivity index (χ0n) is 13.0. The molecule has 0 aliphatic heterocycles. The summed E-state index contributed by atoms with van der Waals surface area (Å²) in [6, 6.07) is 16.4. The van der Waals surface area contributed by atoms with Crippen molar-refractivity contribution in [3.63, 3.8) is 0 Å². The maximum absolute atomic E-state index is 10.5. The van der Waals surface area contributed by atoms with Crippen molar-refractivity contribution in [1.82, 2.24) is 4.57 Å². The maximum atomic E-state index is 10.5. The van der Waals surface area contributed by atoms with E-state index >= 15 is 0 Å². The quantitative estimate of drug-likeness (QED) is 0.508. The molecule has 3 aromatic rings. The molecule has 0 saturated heterocycles. The minimum Gasteiger partial charge on any atom is -0.508 e. The molecule has 4 nitrogen and oxygen atoms in total. The summed E-state index contributed by atoms with van der Waals surface area (Å²) in [7, 11) is 0. The molecule has 0 bridgehead atoms. The third kappa shape index (κ3) is 3.39. The largest absolute Gasteiger partial charge is 0.508 e. The van der Waals surface area contributed by atoms with Gasteiger partial charge < -0.3 is 10.2 Å². The molecule has 122 valence electrons. The number of benzene rings is 2. The van der Waals surface area contributed by atoms with Gasteiger partial charge >= 0.3 is 0 Å². The summed E-state index contributed by atoms with van der Waals surface area (Å²) in [5.74, 6) is 0.252. The van der Waals surface area contributed by atoms with Crippen molar-refractivity contribution >= 4 is 35.5 Å². The third-order valence-corrected chi connectivity index (χ3v) is 5.00. The Morgan fingerprint density at radius 1 is 1.12 bits per heavy atom. The van der Waals surface area contributed by atoms with Crippen LogP contribution in [0.1, 0.15) is 23.4 Å². The summed E-state index contributed by atoms with van der Waals surface area (Å²) in [6.45, 7) is 1.99. The number of hydrogen-bond acceptors (Lipinski definition) is 5. The minimum atomic E-state index is -0.0714. The Morgan fingerprint density at radius 2 is 1.88 bits per heavy atom. The van der Waals surface area contributed by atoms with Crippen molar-refractivity contribution in [2.75, 3.05) is 0 Å². The molecule has 2 aromatic carbocycles. The van der Waals surface area contributed by atoms with Gasteiger partial charge in [0.15, 0.2) is 3.95 Å². The van der Waals surface area contributed by atoms with E-state index in [4.69, 9.17) is 12.2 Å². The van der Waals surface area contributed by atoms with Gasteiger partial charge in [0.25, 0.3) is 0 Å². The Balaban J connectivity index is 1.94. The van der Waals surface area contributed by atoms with Crippen molar-refractivity contribution in [3.05, 3.63) is 69.0 Å². The number of phenolic OH excluding ortho intramolecular Hbond substituents is 1. The molecule has 0 saturated carbocycles. The fourth-order valence-electron chi connectivity index (χ4n) is 2.41. The van der Waals surface area contributed by atoms with Gasteiger partial charge in [-0.05, 0) is 36.8 Å². The van der Waals surface area contributed by atoms with Crippen molar-refractivity contribution in [2.45, 2.75) is 13.0 Å². The Hall–Kier alpha value is -2.44. The molecule has 1 atom stereocenters. The smallest absolute Gasteiger partial charge is 0.212 e. The van der Waals surface area contributed by atoms with Crippen LogP contribution in [0.4, 0.5) is 5.69 Å². The third-order valence-electron chi connectivity index (χ3n) is 3.67. The Bertz CT molecular complexity index is 930. The molecule has 6 heteroatoms. The van der Waals surface area contributed by atoms with Crippen LogP contribution in [0.5, 0.6) is 11.6 Å². The van der Waals surface area contributed by atoms with Crippen LogP contribution in [-0.2, 0) is 0 Å². The first-order valence-corrected chi connectivity index (χ1v) is 8.61. The van der Waals surface area contributed by atoms with E-state index in [9.17, 15) is 10.2 Å². The molecular weight excluding hydrogens is 340 g/mol. The van der Waals surface area contributed by atoms with E-state index in [2.05, 4.69) is 4.99 Å². The van der Waals surface area contributed by atoms with E-state index in [-0.39, 0.29) is 17.7 Å². The SMILES string of the molecule is CC(c1ccccc1)n1c(O)c(C=Nc2cccc(O)c2)sc1=S. The highest BCUT2D eigenvalue weighted by atomic mass is 32.1. The van der Waals surface area contributed by atoms with Gasteiger partial charge in [0, 0.05) is 6.07 Å². The van der Waals surface area contributed by atoms with Gasteiger partial charge in [-0.3, -0.25) is 9.56 Å². The van der Waals surface area contributed by atoms with Gasteiger partial charge in [0.05, 0.1) is 17.9 Å². The van der Waals surface area contributed by atoms with E-state index in [1.807, 2.05) is 37.3 Å². The van der Waals surface area contributed by atoms with Crippen LogP contribution in [0.25, 0.3) is 0 Å². The number of aliphatic imine (C=N–C) groups is 1. The van der Waals surface area contributed by atoms with Crippen LogP contribution in [-0.4, -0.2) is 21.0 Å². The van der Waals surface area contributed by atoms with Crippen molar-refractivity contribution < 1.29 is 10.2 Å². The first-order chi connectivity index (χ1) is 11.6. The predicted octanol–water partition coefficient (Wildman–Crippen LogP) is 5.05.